The molecule has 0 aromatic heterocycles. The third kappa shape index (κ3) is 6.35. The first-order valence-electron chi connectivity index (χ1n) is 7.06. The van der Waals surface area contributed by atoms with Crippen LogP contribution in [0, 0.1) is 0 Å². The first-order chi connectivity index (χ1) is 10.8. The molecule has 0 unspecified atom stereocenters. The van der Waals surface area contributed by atoms with Gasteiger partial charge < -0.3 is 26.2 Å². The van der Waals surface area contributed by atoms with Gasteiger partial charge in [-0.05, 0) is 19.4 Å². The average Bonchev–Trinajstić information content (AvgIpc) is 2.51. The number of primary amides is 1. The standard InChI is InChI=1S/C15H21N3O5/c1-9(13(16)20)17-14(21)12(10(2)19)18-15(22)23-8-11-6-4-3-5-7-11/h3-7,9-10,12,19H,8H2,1-2H3,(H2,16,20)(H,17,21)(H,18,22)/t9-,10-,12+/m1/s1. The van der Waals surface area contributed by atoms with E-state index in [0.29, 0.717) is 0 Å². The zero-order chi connectivity index (χ0) is 17.4. The van der Waals surface area contributed by atoms with E-state index in [0.717, 1.165) is 5.56 Å². The molecule has 1 aromatic carbocycles. The first kappa shape index (κ1) is 18.4. The number of aliphatic hydroxyl groups is 1. The Balaban J connectivity index is 2.56. The summed E-state index contributed by atoms with van der Waals surface area (Å²) < 4.78 is 4.98. The quantitative estimate of drug-likeness (QED) is 0.545. The van der Waals surface area contributed by atoms with Gasteiger partial charge in [-0.2, -0.15) is 0 Å². The number of benzene rings is 1. The Morgan fingerprint density at radius 2 is 1.78 bits per heavy atom. The highest BCUT2D eigenvalue weighted by atomic mass is 16.5. The maximum absolute atomic E-state index is 12.0. The molecule has 23 heavy (non-hydrogen) atoms. The second-order valence-corrected chi connectivity index (χ2v) is 5.06. The van der Waals surface area contributed by atoms with Crippen LogP contribution in [0.3, 0.4) is 0 Å². The summed E-state index contributed by atoms with van der Waals surface area (Å²) in [6, 6.07) is 6.80. The summed E-state index contributed by atoms with van der Waals surface area (Å²) in [5, 5.41) is 14.2. The molecule has 0 radical (unpaired) electrons. The van der Waals surface area contributed by atoms with E-state index in [1.807, 2.05) is 6.07 Å². The van der Waals surface area contributed by atoms with Crippen molar-refractivity contribution in [3.63, 3.8) is 0 Å². The van der Waals surface area contributed by atoms with Crippen molar-refractivity contribution in [2.45, 2.75) is 38.6 Å². The van der Waals surface area contributed by atoms with E-state index < -0.39 is 36.1 Å². The number of alkyl carbamates (subject to hydrolysis) is 1. The molecule has 0 spiro atoms. The lowest BCUT2D eigenvalue weighted by Gasteiger charge is -2.22. The second kappa shape index (κ2) is 8.74. The smallest absolute Gasteiger partial charge is 0.408 e. The Labute approximate surface area is 134 Å². The second-order valence-electron chi connectivity index (χ2n) is 5.06. The highest BCUT2D eigenvalue weighted by Crippen LogP contribution is 2.02. The average molecular weight is 323 g/mol. The number of nitrogens with one attached hydrogen (secondary N) is 2. The van der Waals surface area contributed by atoms with Gasteiger partial charge in [0, 0.05) is 0 Å². The molecule has 0 aliphatic rings. The Hall–Kier alpha value is -2.61. The van der Waals surface area contributed by atoms with E-state index in [2.05, 4.69) is 10.6 Å². The van der Waals surface area contributed by atoms with Crippen LogP contribution in [0.15, 0.2) is 30.3 Å². The van der Waals surface area contributed by atoms with Crippen molar-refractivity contribution in [3.8, 4) is 0 Å². The van der Waals surface area contributed by atoms with Gasteiger partial charge >= 0.3 is 6.09 Å². The first-order valence-corrected chi connectivity index (χ1v) is 7.06. The predicted octanol–water partition coefficient (Wildman–Crippen LogP) is -0.348. The van der Waals surface area contributed by atoms with Crippen LogP contribution in [0.1, 0.15) is 19.4 Å². The van der Waals surface area contributed by atoms with Gasteiger partial charge in [0.1, 0.15) is 18.7 Å². The van der Waals surface area contributed by atoms with Crippen molar-refractivity contribution in [3.05, 3.63) is 35.9 Å². The van der Waals surface area contributed by atoms with Gasteiger partial charge in [0.25, 0.3) is 0 Å². The van der Waals surface area contributed by atoms with E-state index in [-0.39, 0.29) is 6.61 Å². The van der Waals surface area contributed by atoms with Crippen molar-refractivity contribution >= 4 is 17.9 Å². The van der Waals surface area contributed by atoms with Crippen molar-refractivity contribution in [1.82, 2.24) is 10.6 Å². The van der Waals surface area contributed by atoms with Crippen LogP contribution in [0.25, 0.3) is 0 Å². The van der Waals surface area contributed by atoms with Gasteiger partial charge in [0.05, 0.1) is 6.10 Å². The molecule has 8 heteroatoms. The Bertz CT molecular complexity index is 547. The lowest BCUT2D eigenvalue weighted by atomic mass is 10.1. The van der Waals surface area contributed by atoms with E-state index in [1.54, 1.807) is 24.3 Å². The summed E-state index contributed by atoms with van der Waals surface area (Å²) in [5.74, 6) is -1.46. The summed E-state index contributed by atoms with van der Waals surface area (Å²) in [6.07, 6.45) is -2.04. The number of aliphatic hydroxyl groups excluding tert-OH is 1. The fourth-order valence-electron chi connectivity index (χ4n) is 1.67. The van der Waals surface area contributed by atoms with Crippen LogP contribution < -0.4 is 16.4 Å². The molecule has 1 rings (SSSR count). The highest BCUT2D eigenvalue weighted by Gasteiger charge is 2.28. The molecule has 126 valence electrons. The van der Waals surface area contributed by atoms with Crippen molar-refractivity contribution in [2.75, 3.05) is 0 Å². The van der Waals surface area contributed by atoms with Crippen molar-refractivity contribution < 1.29 is 24.2 Å². The zero-order valence-corrected chi connectivity index (χ0v) is 13.0. The SMILES string of the molecule is C[C@@H](NC(=O)[C@@H](NC(=O)OCc1ccccc1)[C@@H](C)O)C(N)=O. The van der Waals surface area contributed by atoms with Crippen molar-refractivity contribution in [2.24, 2.45) is 5.73 Å². The molecule has 5 N–H and O–H groups in total. The molecular weight excluding hydrogens is 302 g/mol. The number of carbonyl (C=O) groups is 3. The van der Waals surface area contributed by atoms with Crippen LogP contribution in [-0.4, -0.2) is 41.2 Å². The number of ether oxygens (including phenoxy) is 1. The summed E-state index contributed by atoms with van der Waals surface area (Å²) in [7, 11) is 0. The number of hydrogen-bond acceptors (Lipinski definition) is 5. The van der Waals surface area contributed by atoms with E-state index in [9.17, 15) is 19.5 Å². The Morgan fingerprint density at radius 3 is 2.30 bits per heavy atom. The number of nitrogens with two attached hydrogens (primary N) is 1. The number of amides is 3. The molecule has 0 aliphatic carbocycles. The normalized spacial score (nSPS) is 14.2. The summed E-state index contributed by atoms with van der Waals surface area (Å²) in [4.78, 5) is 34.6. The number of carbonyl (C=O) groups excluding carboxylic acids is 3. The minimum atomic E-state index is -1.26. The Morgan fingerprint density at radius 1 is 1.17 bits per heavy atom. The molecule has 8 nitrogen and oxygen atoms in total. The van der Waals surface area contributed by atoms with E-state index in [1.165, 1.54) is 13.8 Å². The molecule has 0 saturated heterocycles. The van der Waals surface area contributed by atoms with Gasteiger partial charge in [-0.3, -0.25) is 9.59 Å². The zero-order valence-electron chi connectivity index (χ0n) is 13.0. The van der Waals surface area contributed by atoms with Crippen LogP contribution >= 0.6 is 0 Å². The molecule has 0 saturated carbocycles. The minimum absolute atomic E-state index is 0.0263. The molecule has 0 aliphatic heterocycles. The summed E-state index contributed by atoms with van der Waals surface area (Å²) in [5.41, 5.74) is 5.83. The fraction of sp³-hybridized carbons (Fsp3) is 0.400. The topological polar surface area (TPSA) is 131 Å². The summed E-state index contributed by atoms with van der Waals surface area (Å²) in [6.45, 7) is 2.75. The lowest BCUT2D eigenvalue weighted by Crippen LogP contribution is -2.55. The van der Waals surface area contributed by atoms with E-state index in [4.69, 9.17) is 10.5 Å². The van der Waals surface area contributed by atoms with Crippen LogP contribution in [-0.2, 0) is 20.9 Å². The maximum Gasteiger partial charge on any atom is 0.408 e. The van der Waals surface area contributed by atoms with Gasteiger partial charge in [0.2, 0.25) is 11.8 Å². The maximum atomic E-state index is 12.0. The monoisotopic (exact) mass is 323 g/mol. The molecule has 1 aromatic rings. The molecule has 0 fully saturated rings. The predicted molar refractivity (Wildman–Crippen MR) is 82.0 cm³/mol. The Kier molecular flexibility index (Phi) is 7.01. The van der Waals surface area contributed by atoms with Crippen LogP contribution in [0.2, 0.25) is 0 Å². The largest absolute Gasteiger partial charge is 0.445 e. The molecule has 0 heterocycles. The molecule has 3 atom stereocenters. The lowest BCUT2D eigenvalue weighted by molar-refractivity contribution is -0.129. The number of hydrogen-bond donors (Lipinski definition) is 4. The highest BCUT2D eigenvalue weighted by molar-refractivity contribution is 5.90. The number of rotatable bonds is 7. The molecule has 3 amide bonds. The molecular formula is C15H21N3O5. The summed E-state index contributed by atoms with van der Waals surface area (Å²) >= 11 is 0. The van der Waals surface area contributed by atoms with Crippen LogP contribution in [0.4, 0.5) is 4.79 Å². The van der Waals surface area contributed by atoms with Crippen molar-refractivity contribution in [1.29, 1.82) is 0 Å². The van der Waals surface area contributed by atoms with Gasteiger partial charge in [-0.25, -0.2) is 4.79 Å². The third-order valence-electron chi connectivity index (χ3n) is 3.04. The van der Waals surface area contributed by atoms with Gasteiger partial charge in [-0.15, -0.1) is 0 Å². The fourth-order valence-corrected chi connectivity index (χ4v) is 1.67. The van der Waals surface area contributed by atoms with Crippen LogP contribution in [0.5, 0.6) is 0 Å². The molecule has 0 bridgehead atoms. The minimum Gasteiger partial charge on any atom is -0.445 e. The van der Waals surface area contributed by atoms with E-state index >= 15 is 0 Å². The third-order valence-corrected chi connectivity index (χ3v) is 3.04. The van der Waals surface area contributed by atoms with Gasteiger partial charge in [0.15, 0.2) is 0 Å². The van der Waals surface area contributed by atoms with Gasteiger partial charge in [-0.1, -0.05) is 30.3 Å².